The van der Waals surface area contributed by atoms with E-state index in [2.05, 4.69) is 0 Å². The summed E-state index contributed by atoms with van der Waals surface area (Å²) in [5, 5.41) is 0.260. The van der Waals surface area contributed by atoms with Crippen molar-refractivity contribution in [3.63, 3.8) is 0 Å². The minimum absolute atomic E-state index is 0.197. The van der Waals surface area contributed by atoms with Gasteiger partial charge in [-0.15, -0.1) is 0 Å². The number of esters is 1. The Morgan fingerprint density at radius 2 is 1.79 bits per heavy atom. The predicted octanol–water partition coefficient (Wildman–Crippen LogP) is 3.88. The molecule has 0 saturated heterocycles. The lowest BCUT2D eigenvalue weighted by molar-refractivity contribution is -0.140. The molecule has 3 rings (SSSR count). The summed E-state index contributed by atoms with van der Waals surface area (Å²) in [5.74, 6) is -0.137. The second-order valence-corrected chi connectivity index (χ2v) is 6.60. The number of rotatable bonds is 6. The van der Waals surface area contributed by atoms with Gasteiger partial charge in [0.05, 0.1) is 10.6 Å². The molecule has 7 heteroatoms. The minimum atomic E-state index is -1.04. The summed E-state index contributed by atoms with van der Waals surface area (Å²) in [4.78, 5) is 27.4. The lowest BCUT2D eigenvalue weighted by Crippen LogP contribution is -2.36. The Labute approximate surface area is 168 Å². The van der Waals surface area contributed by atoms with Crippen LogP contribution in [0.3, 0.4) is 0 Å². The number of hydrogen-bond donors (Lipinski definition) is 0. The number of hydrogen-bond acceptors (Lipinski definition) is 5. The molecule has 1 aliphatic heterocycles. The molecule has 0 bridgehead atoms. The van der Waals surface area contributed by atoms with E-state index in [1.54, 1.807) is 29.2 Å². The normalized spacial score (nSPS) is 13.5. The summed E-state index contributed by atoms with van der Waals surface area (Å²) >= 11 is 6.21. The van der Waals surface area contributed by atoms with E-state index in [4.69, 9.17) is 25.8 Å². The lowest BCUT2D eigenvalue weighted by Gasteiger charge is -2.25. The van der Waals surface area contributed by atoms with E-state index in [-0.39, 0.29) is 16.5 Å². The van der Waals surface area contributed by atoms with Crippen LogP contribution in [0.1, 0.15) is 35.9 Å². The van der Waals surface area contributed by atoms with E-state index in [9.17, 15) is 9.59 Å². The van der Waals surface area contributed by atoms with E-state index >= 15 is 0 Å². The number of fused-ring (bicyclic) bond motifs is 1. The average Bonchev–Trinajstić information content (AvgIpc) is 2.73. The van der Waals surface area contributed by atoms with Crippen LogP contribution in [0.25, 0.3) is 0 Å². The third-order valence-corrected chi connectivity index (χ3v) is 4.74. The summed E-state index contributed by atoms with van der Waals surface area (Å²) in [6.45, 7) is 5.57. The second kappa shape index (κ2) is 8.97. The van der Waals surface area contributed by atoms with Gasteiger partial charge in [-0.3, -0.25) is 4.79 Å². The van der Waals surface area contributed by atoms with Crippen molar-refractivity contribution in [2.24, 2.45) is 0 Å². The zero-order chi connectivity index (χ0) is 20.1. The van der Waals surface area contributed by atoms with Crippen LogP contribution in [0.5, 0.6) is 11.5 Å². The number of likely N-dealkylation sites (N-methyl/N-ethyl adjacent to an activating group) is 1. The van der Waals surface area contributed by atoms with Crippen molar-refractivity contribution < 1.29 is 23.8 Å². The number of carbonyl (C=O) groups excluding carboxylic acids is 2. The Morgan fingerprint density at radius 1 is 1.11 bits per heavy atom. The molecule has 0 unspecified atom stereocenters. The van der Waals surface area contributed by atoms with Crippen molar-refractivity contribution >= 4 is 23.5 Å². The van der Waals surface area contributed by atoms with Crippen molar-refractivity contribution in [1.82, 2.24) is 4.90 Å². The molecule has 1 aliphatic rings. The van der Waals surface area contributed by atoms with Crippen molar-refractivity contribution in [1.29, 1.82) is 0 Å². The molecule has 1 heterocycles. The van der Waals surface area contributed by atoms with Crippen LogP contribution < -0.4 is 9.47 Å². The SMILES string of the molecule is CCN(CC)C(=O)[C@H](OC(=O)c1cc(Cl)c2c(c1)OCCO2)c1ccccc1. The van der Waals surface area contributed by atoms with Crippen LogP contribution in [-0.4, -0.2) is 43.1 Å². The summed E-state index contributed by atoms with van der Waals surface area (Å²) < 4.78 is 16.6. The highest BCUT2D eigenvalue weighted by molar-refractivity contribution is 6.32. The number of carbonyl (C=O) groups is 2. The standard InChI is InChI=1S/C21H22ClNO5/c1-3-23(4-2)20(24)18(14-8-6-5-7-9-14)28-21(25)15-12-16(22)19-17(13-15)26-10-11-27-19/h5-9,12-13,18H,3-4,10-11H2,1-2H3/t18-/m1/s1. The van der Waals surface area contributed by atoms with E-state index in [0.717, 1.165) is 0 Å². The van der Waals surface area contributed by atoms with Crippen LogP contribution in [0.2, 0.25) is 5.02 Å². The molecule has 0 spiro atoms. The van der Waals surface area contributed by atoms with Gasteiger partial charge >= 0.3 is 5.97 Å². The molecule has 0 radical (unpaired) electrons. The molecule has 0 N–H and O–H groups in total. The molecule has 1 amide bonds. The Bertz CT molecular complexity index is 851. The minimum Gasteiger partial charge on any atom is -0.486 e. The van der Waals surface area contributed by atoms with Gasteiger partial charge in [-0.05, 0) is 26.0 Å². The van der Waals surface area contributed by atoms with Gasteiger partial charge in [0, 0.05) is 18.7 Å². The lowest BCUT2D eigenvalue weighted by atomic mass is 10.1. The van der Waals surface area contributed by atoms with Crippen molar-refractivity contribution in [3.8, 4) is 11.5 Å². The van der Waals surface area contributed by atoms with Crippen LogP contribution >= 0.6 is 11.6 Å². The van der Waals surface area contributed by atoms with Gasteiger partial charge in [0.15, 0.2) is 11.5 Å². The Balaban J connectivity index is 1.89. The molecule has 0 fully saturated rings. The molecule has 0 aromatic heterocycles. The van der Waals surface area contributed by atoms with Gasteiger partial charge in [-0.25, -0.2) is 4.79 Å². The van der Waals surface area contributed by atoms with Crippen LogP contribution in [0.15, 0.2) is 42.5 Å². The van der Waals surface area contributed by atoms with Gasteiger partial charge in [-0.1, -0.05) is 41.9 Å². The zero-order valence-electron chi connectivity index (χ0n) is 15.8. The van der Waals surface area contributed by atoms with Crippen molar-refractivity contribution in [3.05, 3.63) is 58.6 Å². The summed E-state index contributed by atoms with van der Waals surface area (Å²) in [7, 11) is 0. The number of nitrogens with zero attached hydrogens (tertiary/aromatic N) is 1. The topological polar surface area (TPSA) is 65.1 Å². The fourth-order valence-corrected chi connectivity index (χ4v) is 3.26. The van der Waals surface area contributed by atoms with Gasteiger partial charge in [0.2, 0.25) is 6.10 Å². The monoisotopic (exact) mass is 403 g/mol. The zero-order valence-corrected chi connectivity index (χ0v) is 16.6. The Morgan fingerprint density at radius 3 is 2.46 bits per heavy atom. The maximum atomic E-state index is 13.0. The first kappa shape index (κ1) is 20.0. The second-order valence-electron chi connectivity index (χ2n) is 6.19. The summed E-state index contributed by atoms with van der Waals surface area (Å²) in [5.41, 5.74) is 0.805. The predicted molar refractivity (Wildman–Crippen MR) is 105 cm³/mol. The summed E-state index contributed by atoms with van der Waals surface area (Å²) in [6, 6.07) is 11.9. The van der Waals surface area contributed by atoms with Gasteiger partial charge < -0.3 is 19.1 Å². The van der Waals surface area contributed by atoms with Crippen LogP contribution in [-0.2, 0) is 9.53 Å². The highest BCUT2D eigenvalue weighted by Crippen LogP contribution is 2.38. The van der Waals surface area contributed by atoms with Gasteiger partial charge in [0.1, 0.15) is 13.2 Å². The number of halogens is 1. The first-order valence-electron chi connectivity index (χ1n) is 9.19. The highest BCUT2D eigenvalue weighted by atomic mass is 35.5. The first-order valence-corrected chi connectivity index (χ1v) is 9.56. The molecule has 2 aromatic carbocycles. The Hall–Kier alpha value is -2.73. The Kier molecular flexibility index (Phi) is 6.41. The van der Waals surface area contributed by atoms with Crippen molar-refractivity contribution in [2.75, 3.05) is 26.3 Å². The van der Waals surface area contributed by atoms with Crippen molar-refractivity contribution in [2.45, 2.75) is 20.0 Å². The fraction of sp³-hybridized carbons (Fsp3) is 0.333. The number of benzene rings is 2. The van der Waals surface area contributed by atoms with Crippen LogP contribution in [0, 0.1) is 0 Å². The highest BCUT2D eigenvalue weighted by Gasteiger charge is 2.29. The van der Waals surface area contributed by atoms with E-state index < -0.39 is 12.1 Å². The molecule has 28 heavy (non-hydrogen) atoms. The molecular formula is C21H22ClNO5. The number of ether oxygens (including phenoxy) is 3. The molecule has 1 atom stereocenters. The maximum absolute atomic E-state index is 13.0. The average molecular weight is 404 g/mol. The molecule has 0 saturated carbocycles. The number of amides is 1. The van der Waals surface area contributed by atoms with Gasteiger partial charge in [0.25, 0.3) is 5.91 Å². The first-order chi connectivity index (χ1) is 13.5. The van der Waals surface area contributed by atoms with E-state index in [1.807, 2.05) is 19.9 Å². The molecule has 0 aliphatic carbocycles. The largest absolute Gasteiger partial charge is 0.486 e. The summed E-state index contributed by atoms with van der Waals surface area (Å²) in [6.07, 6.45) is -1.04. The molecular weight excluding hydrogens is 382 g/mol. The third-order valence-electron chi connectivity index (χ3n) is 4.46. The molecule has 6 nitrogen and oxygen atoms in total. The fourth-order valence-electron chi connectivity index (χ4n) is 2.99. The molecule has 148 valence electrons. The smallest absolute Gasteiger partial charge is 0.339 e. The van der Waals surface area contributed by atoms with Gasteiger partial charge in [-0.2, -0.15) is 0 Å². The quantitative estimate of drug-likeness (QED) is 0.685. The van der Waals surface area contributed by atoms with E-state index in [1.165, 1.54) is 12.1 Å². The van der Waals surface area contributed by atoms with E-state index in [0.29, 0.717) is 43.4 Å². The third kappa shape index (κ3) is 4.22. The van der Waals surface area contributed by atoms with Crippen LogP contribution in [0.4, 0.5) is 0 Å². The maximum Gasteiger partial charge on any atom is 0.339 e. The molecule has 2 aromatic rings.